The molecule has 0 spiro atoms. The molecule has 0 radical (unpaired) electrons. The van der Waals surface area contributed by atoms with E-state index in [0.29, 0.717) is 6.04 Å². The number of piperazine rings is 1. The summed E-state index contributed by atoms with van der Waals surface area (Å²) in [6.45, 7) is 7.59. The molecular weight excluding hydrogens is 258 g/mol. The summed E-state index contributed by atoms with van der Waals surface area (Å²) in [6, 6.07) is 15.5. The van der Waals surface area contributed by atoms with E-state index in [0.717, 1.165) is 19.6 Å². The molecule has 2 atom stereocenters. The maximum absolute atomic E-state index is 4.10. The van der Waals surface area contributed by atoms with Gasteiger partial charge in [0.15, 0.2) is 0 Å². The smallest absolute Gasteiger partial charge is 0.0535 e. The van der Waals surface area contributed by atoms with Gasteiger partial charge in [0.05, 0.1) is 5.54 Å². The second-order valence-electron chi connectivity index (χ2n) is 6.19. The highest BCUT2D eigenvalue weighted by Gasteiger charge is 2.35. The van der Waals surface area contributed by atoms with Crippen LogP contribution in [0, 0.1) is 0 Å². The fourth-order valence-corrected chi connectivity index (χ4v) is 3.05. The molecule has 2 aromatic rings. The highest BCUT2D eigenvalue weighted by molar-refractivity contribution is 5.25. The van der Waals surface area contributed by atoms with Gasteiger partial charge in [0, 0.05) is 38.1 Å². The van der Waals surface area contributed by atoms with Crippen molar-refractivity contribution < 1.29 is 0 Å². The Hall–Kier alpha value is -1.71. The van der Waals surface area contributed by atoms with Crippen LogP contribution in [0.2, 0.25) is 0 Å². The molecular formula is C18H23N3. The zero-order chi connectivity index (χ0) is 14.7. The van der Waals surface area contributed by atoms with Crippen LogP contribution in [0.15, 0.2) is 54.9 Å². The van der Waals surface area contributed by atoms with Crippen LogP contribution in [0.5, 0.6) is 0 Å². The van der Waals surface area contributed by atoms with Crippen molar-refractivity contribution in [2.24, 2.45) is 0 Å². The second kappa shape index (κ2) is 5.96. The molecule has 3 rings (SSSR count). The lowest BCUT2D eigenvalue weighted by atomic mass is 9.88. The van der Waals surface area contributed by atoms with Gasteiger partial charge in [0.1, 0.15) is 0 Å². The summed E-state index contributed by atoms with van der Waals surface area (Å²) in [7, 11) is 0. The minimum atomic E-state index is 0.0147. The molecule has 0 amide bonds. The van der Waals surface area contributed by atoms with Crippen molar-refractivity contribution in [3.8, 4) is 0 Å². The van der Waals surface area contributed by atoms with Crippen molar-refractivity contribution in [3.63, 3.8) is 0 Å². The summed E-state index contributed by atoms with van der Waals surface area (Å²) in [6.07, 6.45) is 3.75. The minimum absolute atomic E-state index is 0.0147. The SMILES string of the molecule is CC1CNC(C)(c2ccccc2)CN1Cc1ccncc1. The average Bonchev–Trinajstić information content (AvgIpc) is 2.53. The van der Waals surface area contributed by atoms with Crippen LogP contribution in [0.4, 0.5) is 0 Å². The fraction of sp³-hybridized carbons (Fsp3) is 0.389. The lowest BCUT2D eigenvalue weighted by molar-refractivity contribution is 0.0878. The van der Waals surface area contributed by atoms with Crippen LogP contribution < -0.4 is 5.32 Å². The Morgan fingerprint density at radius 1 is 1.19 bits per heavy atom. The summed E-state index contributed by atoms with van der Waals surface area (Å²) in [4.78, 5) is 6.66. The molecule has 0 bridgehead atoms. The predicted octanol–water partition coefficient (Wildman–Crippen LogP) is 2.79. The maximum atomic E-state index is 4.10. The van der Waals surface area contributed by atoms with E-state index in [1.807, 2.05) is 12.4 Å². The minimum Gasteiger partial charge on any atom is -0.305 e. The van der Waals surface area contributed by atoms with Gasteiger partial charge in [-0.05, 0) is 37.1 Å². The first-order valence-corrected chi connectivity index (χ1v) is 7.61. The van der Waals surface area contributed by atoms with Crippen molar-refractivity contribution in [2.75, 3.05) is 13.1 Å². The van der Waals surface area contributed by atoms with Crippen molar-refractivity contribution in [1.29, 1.82) is 0 Å². The molecule has 110 valence electrons. The topological polar surface area (TPSA) is 28.2 Å². The standard InChI is InChI=1S/C18H23N3/c1-15-12-20-18(2,17-6-4-3-5-7-17)14-21(15)13-16-8-10-19-11-9-16/h3-11,15,20H,12-14H2,1-2H3. The number of hydrogen-bond donors (Lipinski definition) is 1. The van der Waals surface area contributed by atoms with Crippen LogP contribution in [-0.2, 0) is 12.1 Å². The first kappa shape index (κ1) is 14.2. The summed E-state index contributed by atoms with van der Waals surface area (Å²) in [5.41, 5.74) is 2.70. The Morgan fingerprint density at radius 3 is 2.62 bits per heavy atom. The van der Waals surface area contributed by atoms with E-state index in [9.17, 15) is 0 Å². The number of benzene rings is 1. The van der Waals surface area contributed by atoms with Crippen LogP contribution in [0.3, 0.4) is 0 Å². The number of nitrogens with one attached hydrogen (secondary N) is 1. The van der Waals surface area contributed by atoms with E-state index in [1.165, 1.54) is 11.1 Å². The number of hydrogen-bond acceptors (Lipinski definition) is 3. The number of pyridine rings is 1. The van der Waals surface area contributed by atoms with E-state index in [2.05, 4.69) is 71.5 Å². The van der Waals surface area contributed by atoms with Gasteiger partial charge in [0.25, 0.3) is 0 Å². The van der Waals surface area contributed by atoms with Crippen molar-refractivity contribution in [1.82, 2.24) is 15.2 Å². The molecule has 2 heterocycles. The highest BCUT2D eigenvalue weighted by atomic mass is 15.2. The third-order valence-electron chi connectivity index (χ3n) is 4.48. The molecule has 1 N–H and O–H groups in total. The van der Waals surface area contributed by atoms with Crippen molar-refractivity contribution in [3.05, 3.63) is 66.0 Å². The Morgan fingerprint density at radius 2 is 1.90 bits per heavy atom. The van der Waals surface area contributed by atoms with Gasteiger partial charge in [-0.2, -0.15) is 0 Å². The van der Waals surface area contributed by atoms with E-state index in [-0.39, 0.29) is 5.54 Å². The van der Waals surface area contributed by atoms with Gasteiger partial charge in [-0.15, -0.1) is 0 Å². The Labute approximate surface area is 127 Å². The molecule has 1 aliphatic heterocycles. The van der Waals surface area contributed by atoms with Crippen LogP contribution in [0.1, 0.15) is 25.0 Å². The van der Waals surface area contributed by atoms with E-state index >= 15 is 0 Å². The predicted molar refractivity (Wildman–Crippen MR) is 85.9 cm³/mol. The number of nitrogens with zero attached hydrogens (tertiary/aromatic N) is 2. The highest BCUT2D eigenvalue weighted by Crippen LogP contribution is 2.27. The number of rotatable bonds is 3. The third-order valence-corrected chi connectivity index (χ3v) is 4.48. The van der Waals surface area contributed by atoms with Gasteiger partial charge in [0.2, 0.25) is 0 Å². The van der Waals surface area contributed by atoms with Crippen LogP contribution in [-0.4, -0.2) is 29.0 Å². The Balaban J connectivity index is 1.78. The van der Waals surface area contributed by atoms with Gasteiger partial charge >= 0.3 is 0 Å². The largest absolute Gasteiger partial charge is 0.305 e. The molecule has 21 heavy (non-hydrogen) atoms. The molecule has 1 aromatic carbocycles. The molecule has 1 aromatic heterocycles. The molecule has 0 aliphatic carbocycles. The first-order valence-electron chi connectivity index (χ1n) is 7.61. The molecule has 3 nitrogen and oxygen atoms in total. The normalized spacial score (nSPS) is 26.7. The van der Waals surface area contributed by atoms with Gasteiger partial charge in [-0.1, -0.05) is 30.3 Å². The Kier molecular flexibility index (Phi) is 4.04. The zero-order valence-corrected chi connectivity index (χ0v) is 12.8. The van der Waals surface area contributed by atoms with Crippen molar-refractivity contribution >= 4 is 0 Å². The van der Waals surface area contributed by atoms with E-state index in [4.69, 9.17) is 0 Å². The molecule has 3 heteroatoms. The van der Waals surface area contributed by atoms with Crippen LogP contribution >= 0.6 is 0 Å². The summed E-state index contributed by atoms with van der Waals surface area (Å²) in [5, 5.41) is 3.72. The van der Waals surface area contributed by atoms with E-state index in [1.54, 1.807) is 0 Å². The fourth-order valence-electron chi connectivity index (χ4n) is 3.05. The Bertz CT molecular complexity index is 570. The first-order chi connectivity index (χ1) is 10.2. The lowest BCUT2D eigenvalue weighted by Crippen LogP contribution is -2.59. The zero-order valence-electron chi connectivity index (χ0n) is 12.8. The molecule has 2 unspecified atom stereocenters. The second-order valence-corrected chi connectivity index (χ2v) is 6.19. The van der Waals surface area contributed by atoms with Crippen molar-refractivity contribution in [2.45, 2.75) is 32.0 Å². The maximum Gasteiger partial charge on any atom is 0.0535 e. The van der Waals surface area contributed by atoms with E-state index < -0.39 is 0 Å². The molecule has 0 saturated carbocycles. The lowest BCUT2D eigenvalue weighted by Gasteiger charge is -2.45. The third kappa shape index (κ3) is 3.14. The molecule has 1 saturated heterocycles. The van der Waals surface area contributed by atoms with Gasteiger partial charge < -0.3 is 5.32 Å². The summed E-state index contributed by atoms with van der Waals surface area (Å²) >= 11 is 0. The quantitative estimate of drug-likeness (QED) is 0.937. The molecule has 1 aliphatic rings. The monoisotopic (exact) mass is 281 g/mol. The summed E-state index contributed by atoms with van der Waals surface area (Å²) in [5.74, 6) is 0. The van der Waals surface area contributed by atoms with Crippen LogP contribution in [0.25, 0.3) is 0 Å². The average molecular weight is 281 g/mol. The van der Waals surface area contributed by atoms with Gasteiger partial charge in [-0.25, -0.2) is 0 Å². The molecule has 1 fully saturated rings. The number of aromatic nitrogens is 1. The summed E-state index contributed by atoms with van der Waals surface area (Å²) < 4.78 is 0. The van der Waals surface area contributed by atoms with Gasteiger partial charge in [-0.3, -0.25) is 9.88 Å².